The number of aliphatic carboxylic acids is 1. The number of carbonyl (C=O) groups excluding carboxylic acids is 1. The Balaban J connectivity index is 2.08. The van der Waals surface area contributed by atoms with Gasteiger partial charge in [0.25, 0.3) is 5.91 Å². The summed E-state index contributed by atoms with van der Waals surface area (Å²) >= 11 is 0. The van der Waals surface area contributed by atoms with Gasteiger partial charge in [-0.1, -0.05) is 19.3 Å². The largest absolute Gasteiger partial charge is 0.481 e. The molecule has 0 spiro atoms. The van der Waals surface area contributed by atoms with Crippen molar-refractivity contribution in [3.63, 3.8) is 0 Å². The van der Waals surface area contributed by atoms with Crippen molar-refractivity contribution in [1.82, 2.24) is 15.3 Å². The van der Waals surface area contributed by atoms with Gasteiger partial charge in [0.15, 0.2) is 0 Å². The summed E-state index contributed by atoms with van der Waals surface area (Å²) in [6.07, 6.45) is 7.71. The first-order valence-electron chi connectivity index (χ1n) is 6.88. The van der Waals surface area contributed by atoms with Gasteiger partial charge < -0.3 is 10.4 Å². The maximum absolute atomic E-state index is 11.8. The predicted octanol–water partition coefficient (Wildman–Crippen LogP) is 1.94. The molecule has 2 N–H and O–H groups in total. The molecule has 6 nitrogen and oxygen atoms in total. The molecule has 0 bridgehead atoms. The fourth-order valence-corrected chi connectivity index (χ4v) is 1.84. The summed E-state index contributed by atoms with van der Waals surface area (Å²) in [4.78, 5) is 29.9. The molecule has 0 saturated carbocycles. The smallest absolute Gasteiger partial charge is 0.303 e. The predicted molar refractivity (Wildman–Crippen MR) is 74.4 cm³/mol. The molecule has 0 radical (unpaired) electrons. The van der Waals surface area contributed by atoms with Crippen LogP contribution in [-0.2, 0) is 4.79 Å². The van der Waals surface area contributed by atoms with Crippen LogP contribution in [0.25, 0.3) is 0 Å². The van der Waals surface area contributed by atoms with E-state index in [1.54, 1.807) is 6.92 Å². The Morgan fingerprint density at radius 1 is 1.20 bits per heavy atom. The number of carbonyl (C=O) groups is 2. The number of carboxylic acids is 1. The van der Waals surface area contributed by atoms with Gasteiger partial charge in [0.05, 0.1) is 11.3 Å². The second-order valence-corrected chi connectivity index (χ2v) is 4.69. The van der Waals surface area contributed by atoms with Crippen LogP contribution in [0.2, 0.25) is 0 Å². The zero-order valence-electron chi connectivity index (χ0n) is 11.8. The number of unbranched alkanes of at least 4 members (excludes halogenated alkanes) is 4. The van der Waals surface area contributed by atoms with E-state index in [1.165, 1.54) is 12.5 Å². The fourth-order valence-electron chi connectivity index (χ4n) is 1.84. The van der Waals surface area contributed by atoms with Gasteiger partial charge in [-0.05, 0) is 19.8 Å². The molecule has 1 heterocycles. The van der Waals surface area contributed by atoms with E-state index >= 15 is 0 Å². The lowest BCUT2D eigenvalue weighted by molar-refractivity contribution is -0.137. The summed E-state index contributed by atoms with van der Waals surface area (Å²) < 4.78 is 0. The van der Waals surface area contributed by atoms with Crippen molar-refractivity contribution in [2.24, 2.45) is 0 Å². The van der Waals surface area contributed by atoms with Crippen molar-refractivity contribution < 1.29 is 14.7 Å². The highest BCUT2D eigenvalue weighted by atomic mass is 16.4. The van der Waals surface area contributed by atoms with Gasteiger partial charge in [0, 0.05) is 19.2 Å². The summed E-state index contributed by atoms with van der Waals surface area (Å²) in [5, 5.41) is 11.3. The van der Waals surface area contributed by atoms with Crippen LogP contribution in [0.3, 0.4) is 0 Å². The molecule has 0 aliphatic heterocycles. The van der Waals surface area contributed by atoms with E-state index < -0.39 is 5.97 Å². The van der Waals surface area contributed by atoms with Crippen molar-refractivity contribution in [1.29, 1.82) is 0 Å². The lowest BCUT2D eigenvalue weighted by Gasteiger charge is -2.06. The fraction of sp³-hybridized carbons (Fsp3) is 0.571. The molecule has 0 unspecified atom stereocenters. The van der Waals surface area contributed by atoms with Crippen LogP contribution in [0.1, 0.15) is 54.6 Å². The second-order valence-electron chi connectivity index (χ2n) is 4.69. The van der Waals surface area contributed by atoms with Crippen LogP contribution in [0.5, 0.6) is 0 Å². The van der Waals surface area contributed by atoms with Gasteiger partial charge in [-0.15, -0.1) is 0 Å². The molecule has 20 heavy (non-hydrogen) atoms. The Labute approximate surface area is 118 Å². The van der Waals surface area contributed by atoms with Gasteiger partial charge in [-0.2, -0.15) is 0 Å². The molecular formula is C14H21N3O3. The second kappa shape index (κ2) is 9.01. The van der Waals surface area contributed by atoms with Gasteiger partial charge in [0.1, 0.15) is 6.33 Å². The number of carboxylic acid groups (broad SMARTS) is 1. The molecule has 1 rings (SSSR count). The zero-order valence-corrected chi connectivity index (χ0v) is 11.8. The van der Waals surface area contributed by atoms with Crippen molar-refractivity contribution in [2.75, 3.05) is 6.54 Å². The van der Waals surface area contributed by atoms with E-state index in [2.05, 4.69) is 15.3 Å². The van der Waals surface area contributed by atoms with E-state index in [4.69, 9.17) is 5.11 Å². The Kier molecular flexibility index (Phi) is 7.24. The minimum absolute atomic E-state index is 0.144. The first-order valence-corrected chi connectivity index (χ1v) is 6.88. The number of hydrogen-bond donors (Lipinski definition) is 2. The van der Waals surface area contributed by atoms with E-state index in [0.717, 1.165) is 32.1 Å². The molecule has 0 atom stereocenters. The van der Waals surface area contributed by atoms with Crippen molar-refractivity contribution in [2.45, 2.75) is 45.4 Å². The lowest BCUT2D eigenvalue weighted by atomic mass is 10.1. The molecule has 0 saturated heterocycles. The van der Waals surface area contributed by atoms with Crippen molar-refractivity contribution in [3.8, 4) is 0 Å². The Morgan fingerprint density at radius 2 is 1.90 bits per heavy atom. The third-order valence-electron chi connectivity index (χ3n) is 3.01. The van der Waals surface area contributed by atoms with E-state index in [0.29, 0.717) is 17.8 Å². The topological polar surface area (TPSA) is 92.2 Å². The first-order chi connectivity index (χ1) is 9.61. The van der Waals surface area contributed by atoms with Crippen molar-refractivity contribution in [3.05, 3.63) is 23.8 Å². The molecule has 0 fully saturated rings. The van der Waals surface area contributed by atoms with E-state index in [-0.39, 0.29) is 12.3 Å². The van der Waals surface area contributed by atoms with Gasteiger partial charge >= 0.3 is 5.97 Å². The molecule has 1 aromatic heterocycles. The van der Waals surface area contributed by atoms with Gasteiger partial charge in [-0.25, -0.2) is 9.97 Å². The molecule has 110 valence electrons. The third kappa shape index (κ3) is 6.26. The Morgan fingerprint density at radius 3 is 2.60 bits per heavy atom. The molecular weight excluding hydrogens is 258 g/mol. The molecule has 6 heteroatoms. The molecule has 0 aliphatic carbocycles. The summed E-state index contributed by atoms with van der Waals surface area (Å²) in [6, 6.07) is 0. The summed E-state index contributed by atoms with van der Waals surface area (Å²) in [7, 11) is 0. The summed E-state index contributed by atoms with van der Waals surface area (Å²) in [5.74, 6) is -0.883. The number of hydrogen-bond acceptors (Lipinski definition) is 4. The monoisotopic (exact) mass is 279 g/mol. The van der Waals surface area contributed by atoms with Gasteiger partial charge in [0.2, 0.25) is 0 Å². The first kappa shape index (κ1) is 16.1. The minimum Gasteiger partial charge on any atom is -0.481 e. The molecule has 0 aliphatic rings. The number of nitrogens with zero attached hydrogens (tertiary/aromatic N) is 2. The number of aryl methyl sites for hydroxylation is 1. The highest BCUT2D eigenvalue weighted by Gasteiger charge is 2.08. The number of amides is 1. The average molecular weight is 279 g/mol. The van der Waals surface area contributed by atoms with Crippen molar-refractivity contribution >= 4 is 11.9 Å². The Hall–Kier alpha value is -1.98. The Bertz CT molecular complexity index is 449. The van der Waals surface area contributed by atoms with Crippen LogP contribution < -0.4 is 5.32 Å². The van der Waals surface area contributed by atoms with Crippen LogP contribution in [0.4, 0.5) is 0 Å². The summed E-state index contributed by atoms with van der Waals surface area (Å²) in [6.45, 7) is 2.39. The average Bonchev–Trinajstić information content (AvgIpc) is 2.41. The zero-order chi connectivity index (χ0) is 14.8. The van der Waals surface area contributed by atoms with Crippen LogP contribution in [0.15, 0.2) is 12.5 Å². The van der Waals surface area contributed by atoms with Crippen LogP contribution in [-0.4, -0.2) is 33.5 Å². The quantitative estimate of drug-likeness (QED) is 0.674. The highest BCUT2D eigenvalue weighted by Crippen LogP contribution is 2.05. The molecule has 1 aromatic rings. The SMILES string of the molecule is Cc1ncncc1C(=O)NCCCCCCCC(=O)O. The normalized spacial score (nSPS) is 10.2. The van der Waals surface area contributed by atoms with Crippen LogP contribution in [0, 0.1) is 6.92 Å². The van der Waals surface area contributed by atoms with E-state index in [9.17, 15) is 9.59 Å². The number of nitrogens with one attached hydrogen (secondary N) is 1. The van der Waals surface area contributed by atoms with Crippen LogP contribution >= 0.6 is 0 Å². The van der Waals surface area contributed by atoms with E-state index in [1.807, 2.05) is 0 Å². The standard InChI is InChI=1S/C14H21N3O3/c1-11-12(9-15-10-17-11)14(20)16-8-6-4-2-3-5-7-13(18)19/h9-10H,2-8H2,1H3,(H,16,20)(H,18,19). The maximum Gasteiger partial charge on any atom is 0.303 e. The minimum atomic E-state index is -0.738. The van der Waals surface area contributed by atoms with Gasteiger partial charge in [-0.3, -0.25) is 9.59 Å². The number of rotatable bonds is 9. The molecule has 1 amide bonds. The number of aromatic nitrogens is 2. The highest BCUT2D eigenvalue weighted by molar-refractivity contribution is 5.94. The molecule has 0 aromatic carbocycles. The third-order valence-corrected chi connectivity index (χ3v) is 3.01. The maximum atomic E-state index is 11.8. The summed E-state index contributed by atoms with van der Waals surface area (Å²) in [5.41, 5.74) is 1.18. The lowest BCUT2D eigenvalue weighted by Crippen LogP contribution is -2.25.